The molecule has 4 rings (SSSR count). The second-order valence-corrected chi connectivity index (χ2v) is 7.40. The molecule has 26 heavy (non-hydrogen) atoms. The lowest BCUT2D eigenvalue weighted by Crippen LogP contribution is -2.28. The molecule has 3 aromatic rings. The van der Waals surface area contributed by atoms with Gasteiger partial charge in [0.1, 0.15) is 0 Å². The zero-order valence-electron chi connectivity index (χ0n) is 14.9. The summed E-state index contributed by atoms with van der Waals surface area (Å²) in [6.07, 6.45) is 6.86. The lowest BCUT2D eigenvalue weighted by Gasteiger charge is -2.25. The topological polar surface area (TPSA) is 41.0 Å². The number of hydrogen-bond donors (Lipinski definition) is 1. The molecule has 3 heterocycles. The predicted octanol–water partition coefficient (Wildman–Crippen LogP) is 4.07. The van der Waals surface area contributed by atoms with Gasteiger partial charge in [0, 0.05) is 48.1 Å². The van der Waals surface area contributed by atoms with Crippen molar-refractivity contribution in [1.82, 2.24) is 20.2 Å². The Morgan fingerprint density at radius 2 is 2.08 bits per heavy atom. The van der Waals surface area contributed by atoms with Gasteiger partial charge in [-0.1, -0.05) is 23.7 Å². The van der Waals surface area contributed by atoms with Crippen LogP contribution in [0.5, 0.6) is 0 Å². The fourth-order valence-corrected chi connectivity index (χ4v) is 4.26. The molecule has 5 heteroatoms. The third-order valence-corrected chi connectivity index (χ3v) is 5.65. The van der Waals surface area contributed by atoms with Crippen molar-refractivity contribution in [1.29, 1.82) is 0 Å². The first kappa shape index (κ1) is 17.4. The van der Waals surface area contributed by atoms with E-state index in [1.807, 2.05) is 42.9 Å². The number of hydrogen-bond acceptors (Lipinski definition) is 4. The van der Waals surface area contributed by atoms with E-state index in [1.165, 1.54) is 17.5 Å². The zero-order chi connectivity index (χ0) is 17.9. The summed E-state index contributed by atoms with van der Waals surface area (Å²) in [6.45, 7) is 2.89. The molecule has 2 atom stereocenters. The molecule has 0 radical (unpaired) electrons. The summed E-state index contributed by atoms with van der Waals surface area (Å²) in [4.78, 5) is 11.3. The summed E-state index contributed by atoms with van der Waals surface area (Å²) in [7, 11) is 2.20. The SMILES string of the molecule is CN1CC[C@@H](CNCc2ccc(Cl)c3cccnc23)[C@@H]1c1cccnc1. The first-order valence-electron chi connectivity index (χ1n) is 9.07. The summed E-state index contributed by atoms with van der Waals surface area (Å²) in [5, 5.41) is 5.42. The Labute approximate surface area is 159 Å². The third kappa shape index (κ3) is 3.45. The molecule has 0 bridgehead atoms. The number of nitrogens with one attached hydrogen (secondary N) is 1. The minimum Gasteiger partial charge on any atom is -0.312 e. The maximum atomic E-state index is 6.30. The van der Waals surface area contributed by atoms with Crippen molar-refractivity contribution < 1.29 is 0 Å². The number of likely N-dealkylation sites (tertiary alicyclic amines) is 1. The molecule has 4 nitrogen and oxygen atoms in total. The van der Waals surface area contributed by atoms with Gasteiger partial charge in [-0.25, -0.2) is 0 Å². The fraction of sp³-hybridized carbons (Fsp3) is 0.333. The molecule has 1 aliphatic rings. The molecular weight excluding hydrogens is 344 g/mol. The molecule has 1 aliphatic heterocycles. The maximum Gasteiger partial charge on any atom is 0.0761 e. The van der Waals surface area contributed by atoms with Crippen LogP contribution in [-0.2, 0) is 6.54 Å². The largest absolute Gasteiger partial charge is 0.312 e. The van der Waals surface area contributed by atoms with E-state index < -0.39 is 0 Å². The Morgan fingerprint density at radius 3 is 2.92 bits per heavy atom. The van der Waals surface area contributed by atoms with Crippen LogP contribution in [0.4, 0.5) is 0 Å². The minimum atomic E-state index is 0.427. The van der Waals surface area contributed by atoms with Crippen LogP contribution in [0.15, 0.2) is 55.0 Å². The van der Waals surface area contributed by atoms with Crippen LogP contribution in [0.2, 0.25) is 5.02 Å². The fourth-order valence-electron chi connectivity index (χ4n) is 4.05. The zero-order valence-corrected chi connectivity index (χ0v) is 15.7. The van der Waals surface area contributed by atoms with Crippen LogP contribution >= 0.6 is 11.6 Å². The van der Waals surface area contributed by atoms with E-state index >= 15 is 0 Å². The van der Waals surface area contributed by atoms with Gasteiger partial charge in [-0.15, -0.1) is 0 Å². The monoisotopic (exact) mass is 366 g/mol. The van der Waals surface area contributed by atoms with Crippen LogP contribution in [0.3, 0.4) is 0 Å². The molecule has 0 amide bonds. The lowest BCUT2D eigenvalue weighted by molar-refractivity contribution is 0.271. The molecule has 0 aliphatic carbocycles. The van der Waals surface area contributed by atoms with E-state index in [-0.39, 0.29) is 0 Å². The van der Waals surface area contributed by atoms with E-state index in [9.17, 15) is 0 Å². The van der Waals surface area contributed by atoms with Crippen molar-refractivity contribution in [2.24, 2.45) is 5.92 Å². The van der Waals surface area contributed by atoms with Gasteiger partial charge >= 0.3 is 0 Å². The summed E-state index contributed by atoms with van der Waals surface area (Å²) >= 11 is 6.30. The van der Waals surface area contributed by atoms with Crippen molar-refractivity contribution in [3.8, 4) is 0 Å². The number of aromatic nitrogens is 2. The highest BCUT2D eigenvalue weighted by Crippen LogP contribution is 2.35. The first-order chi connectivity index (χ1) is 12.7. The van der Waals surface area contributed by atoms with Crippen LogP contribution in [0, 0.1) is 5.92 Å². The molecule has 0 spiro atoms. The van der Waals surface area contributed by atoms with Crippen LogP contribution in [0.25, 0.3) is 10.9 Å². The average Bonchev–Trinajstić information content (AvgIpc) is 3.05. The summed E-state index contributed by atoms with van der Waals surface area (Å²) in [5.41, 5.74) is 3.48. The number of pyridine rings is 2. The highest BCUT2D eigenvalue weighted by molar-refractivity contribution is 6.35. The number of nitrogens with zero attached hydrogens (tertiary/aromatic N) is 3. The van der Waals surface area contributed by atoms with Crippen LogP contribution in [0.1, 0.15) is 23.6 Å². The number of halogens is 1. The molecule has 1 saturated heterocycles. The van der Waals surface area contributed by atoms with Crippen molar-refractivity contribution in [3.63, 3.8) is 0 Å². The Morgan fingerprint density at radius 1 is 1.19 bits per heavy atom. The van der Waals surface area contributed by atoms with E-state index in [4.69, 9.17) is 11.6 Å². The van der Waals surface area contributed by atoms with Crippen molar-refractivity contribution in [2.75, 3.05) is 20.1 Å². The normalized spacial score (nSPS) is 20.7. The van der Waals surface area contributed by atoms with Gasteiger partial charge in [-0.3, -0.25) is 14.9 Å². The number of benzene rings is 1. The summed E-state index contributed by atoms with van der Waals surface area (Å²) in [6, 6.07) is 12.6. The summed E-state index contributed by atoms with van der Waals surface area (Å²) in [5.74, 6) is 0.579. The molecule has 1 N–H and O–H groups in total. The van der Waals surface area contributed by atoms with Crippen LogP contribution in [-0.4, -0.2) is 35.0 Å². The van der Waals surface area contributed by atoms with Crippen LogP contribution < -0.4 is 5.32 Å². The van der Waals surface area contributed by atoms with E-state index in [0.29, 0.717) is 12.0 Å². The second kappa shape index (κ2) is 7.70. The van der Waals surface area contributed by atoms with Gasteiger partial charge in [-0.05, 0) is 61.3 Å². The Bertz CT molecular complexity index is 884. The molecule has 134 valence electrons. The third-order valence-electron chi connectivity index (χ3n) is 5.32. The van der Waals surface area contributed by atoms with E-state index in [0.717, 1.165) is 35.6 Å². The van der Waals surface area contributed by atoms with Crippen molar-refractivity contribution >= 4 is 22.5 Å². The quantitative estimate of drug-likeness (QED) is 0.739. The molecular formula is C21H23ClN4. The van der Waals surface area contributed by atoms with Gasteiger partial charge in [0.05, 0.1) is 5.52 Å². The first-order valence-corrected chi connectivity index (χ1v) is 9.45. The minimum absolute atomic E-state index is 0.427. The lowest BCUT2D eigenvalue weighted by atomic mass is 9.94. The smallest absolute Gasteiger partial charge is 0.0761 e. The van der Waals surface area contributed by atoms with Crippen molar-refractivity contribution in [2.45, 2.75) is 19.0 Å². The van der Waals surface area contributed by atoms with E-state index in [1.54, 1.807) is 0 Å². The number of fused-ring (bicyclic) bond motifs is 1. The maximum absolute atomic E-state index is 6.30. The highest BCUT2D eigenvalue weighted by Gasteiger charge is 2.32. The molecule has 1 aromatic carbocycles. The average molecular weight is 367 g/mol. The Kier molecular flexibility index (Phi) is 5.16. The predicted molar refractivity (Wildman–Crippen MR) is 106 cm³/mol. The van der Waals surface area contributed by atoms with Gasteiger partial charge in [0.2, 0.25) is 0 Å². The Hall–Kier alpha value is -2.01. The van der Waals surface area contributed by atoms with Crippen molar-refractivity contribution in [3.05, 3.63) is 71.1 Å². The highest BCUT2D eigenvalue weighted by atomic mass is 35.5. The molecule has 2 aromatic heterocycles. The standard InChI is InChI=1S/C21H23ClN4/c1-26-11-8-17(21(26)16-4-2-9-23-13-16)14-24-12-15-6-7-19(22)18-5-3-10-25-20(15)18/h2-7,9-10,13,17,21,24H,8,11-12,14H2,1H3/t17-,21-/m0/s1. The van der Waals surface area contributed by atoms with E-state index in [2.05, 4.69) is 39.4 Å². The van der Waals surface area contributed by atoms with Gasteiger partial charge in [-0.2, -0.15) is 0 Å². The molecule has 0 unspecified atom stereocenters. The summed E-state index contributed by atoms with van der Waals surface area (Å²) < 4.78 is 0. The molecule has 0 saturated carbocycles. The number of rotatable bonds is 5. The van der Waals surface area contributed by atoms with Gasteiger partial charge in [0.25, 0.3) is 0 Å². The molecule has 1 fully saturated rings. The van der Waals surface area contributed by atoms with Gasteiger partial charge < -0.3 is 5.32 Å². The Balaban J connectivity index is 1.46. The van der Waals surface area contributed by atoms with Gasteiger partial charge in [0.15, 0.2) is 0 Å². The second-order valence-electron chi connectivity index (χ2n) is 7.00.